The van der Waals surface area contributed by atoms with E-state index in [1.54, 1.807) is 7.11 Å². The molecule has 0 unspecified atom stereocenters. The highest BCUT2D eigenvalue weighted by Gasteiger charge is 2.02. The predicted molar refractivity (Wildman–Crippen MR) is 59.7 cm³/mol. The molecule has 0 amide bonds. The summed E-state index contributed by atoms with van der Waals surface area (Å²) in [6, 6.07) is 8.10. The van der Waals surface area contributed by atoms with E-state index in [2.05, 4.69) is 21.6 Å². The fourth-order valence-electron chi connectivity index (χ4n) is 1.54. The largest absolute Gasteiger partial charge is 0.383 e. The number of fused-ring (bicyclic) bond motifs is 1. The monoisotopic (exact) mass is 205 g/mol. The highest BCUT2D eigenvalue weighted by Crippen LogP contribution is 2.14. The van der Waals surface area contributed by atoms with Gasteiger partial charge in [-0.1, -0.05) is 18.2 Å². The summed E-state index contributed by atoms with van der Waals surface area (Å²) in [4.78, 5) is 0. The van der Waals surface area contributed by atoms with Crippen LogP contribution in [-0.2, 0) is 11.3 Å². The molecular weight excluding hydrogens is 190 g/mol. The average molecular weight is 205 g/mol. The van der Waals surface area contributed by atoms with Gasteiger partial charge in [-0.15, -0.1) is 0 Å². The third-order valence-corrected chi connectivity index (χ3v) is 2.33. The second-order valence-corrected chi connectivity index (χ2v) is 3.39. The molecule has 2 N–H and O–H groups in total. The standard InChI is InChI=1S/C11H15N3O/c1-15-7-6-12-8-11-9-4-2-3-5-10(9)13-14-11/h2-5,12H,6-8H2,1H3,(H,13,14). The minimum atomic E-state index is 0.728. The number of hydrogen-bond donors (Lipinski definition) is 2. The van der Waals surface area contributed by atoms with Crippen LogP contribution in [0.2, 0.25) is 0 Å². The van der Waals surface area contributed by atoms with Crippen LogP contribution in [0.25, 0.3) is 10.9 Å². The van der Waals surface area contributed by atoms with E-state index in [0.29, 0.717) is 0 Å². The van der Waals surface area contributed by atoms with Crippen molar-refractivity contribution >= 4 is 10.9 Å². The Hall–Kier alpha value is -1.39. The van der Waals surface area contributed by atoms with Crippen LogP contribution in [0.15, 0.2) is 24.3 Å². The summed E-state index contributed by atoms with van der Waals surface area (Å²) >= 11 is 0. The molecule has 0 aliphatic rings. The number of methoxy groups -OCH3 is 1. The second kappa shape index (κ2) is 4.91. The first kappa shape index (κ1) is 10.1. The third-order valence-electron chi connectivity index (χ3n) is 2.33. The number of nitrogens with one attached hydrogen (secondary N) is 2. The van der Waals surface area contributed by atoms with Crippen molar-refractivity contribution in [2.45, 2.75) is 6.54 Å². The molecule has 4 heteroatoms. The van der Waals surface area contributed by atoms with E-state index >= 15 is 0 Å². The van der Waals surface area contributed by atoms with Crippen molar-refractivity contribution in [3.63, 3.8) is 0 Å². The van der Waals surface area contributed by atoms with Gasteiger partial charge in [0.25, 0.3) is 0 Å². The molecule has 0 aliphatic carbocycles. The van der Waals surface area contributed by atoms with Gasteiger partial charge in [0.2, 0.25) is 0 Å². The molecule has 2 rings (SSSR count). The van der Waals surface area contributed by atoms with E-state index in [0.717, 1.165) is 30.9 Å². The van der Waals surface area contributed by atoms with Crippen molar-refractivity contribution < 1.29 is 4.74 Å². The van der Waals surface area contributed by atoms with Crippen LogP contribution < -0.4 is 5.32 Å². The molecule has 0 saturated carbocycles. The number of para-hydroxylation sites is 1. The highest BCUT2D eigenvalue weighted by atomic mass is 16.5. The molecular formula is C11H15N3O. The number of benzene rings is 1. The lowest BCUT2D eigenvalue weighted by Gasteiger charge is -2.01. The van der Waals surface area contributed by atoms with Crippen molar-refractivity contribution in [1.82, 2.24) is 15.5 Å². The molecule has 80 valence electrons. The molecule has 0 spiro atoms. The van der Waals surface area contributed by atoms with E-state index in [4.69, 9.17) is 4.74 Å². The quantitative estimate of drug-likeness (QED) is 0.723. The number of H-pyrrole nitrogens is 1. The molecule has 1 heterocycles. The Bertz CT molecular complexity index is 424. The van der Waals surface area contributed by atoms with Crippen molar-refractivity contribution in [2.75, 3.05) is 20.3 Å². The Kier molecular flexibility index (Phi) is 3.32. The van der Waals surface area contributed by atoms with Gasteiger partial charge < -0.3 is 10.1 Å². The Labute approximate surface area is 88.6 Å². The maximum Gasteiger partial charge on any atom is 0.0924 e. The molecule has 0 fully saturated rings. The Balaban J connectivity index is 2.02. The SMILES string of the molecule is COCCNCc1[nH]nc2ccccc12. The molecule has 0 bridgehead atoms. The van der Waals surface area contributed by atoms with E-state index < -0.39 is 0 Å². The first-order chi connectivity index (χ1) is 7.42. The van der Waals surface area contributed by atoms with Crippen LogP contribution in [0.5, 0.6) is 0 Å². The molecule has 0 radical (unpaired) electrons. The zero-order valence-electron chi connectivity index (χ0n) is 8.79. The van der Waals surface area contributed by atoms with Gasteiger partial charge in [0.1, 0.15) is 0 Å². The summed E-state index contributed by atoms with van der Waals surface area (Å²) in [6.07, 6.45) is 0. The van der Waals surface area contributed by atoms with Crippen LogP contribution >= 0.6 is 0 Å². The molecule has 2 aromatic rings. The molecule has 4 nitrogen and oxygen atoms in total. The van der Waals surface area contributed by atoms with Crippen LogP contribution in [0.1, 0.15) is 5.69 Å². The normalized spacial score (nSPS) is 11.0. The lowest BCUT2D eigenvalue weighted by atomic mass is 10.2. The number of aromatic nitrogens is 2. The van der Waals surface area contributed by atoms with Crippen molar-refractivity contribution in [1.29, 1.82) is 0 Å². The van der Waals surface area contributed by atoms with Gasteiger partial charge >= 0.3 is 0 Å². The Morgan fingerprint density at radius 3 is 3.13 bits per heavy atom. The lowest BCUT2D eigenvalue weighted by Crippen LogP contribution is -2.18. The van der Waals surface area contributed by atoms with Crippen LogP contribution in [0.3, 0.4) is 0 Å². The molecule has 1 aromatic carbocycles. The minimum Gasteiger partial charge on any atom is -0.383 e. The number of aromatic amines is 1. The van der Waals surface area contributed by atoms with Crippen molar-refractivity contribution in [3.8, 4) is 0 Å². The first-order valence-electron chi connectivity index (χ1n) is 5.03. The van der Waals surface area contributed by atoms with E-state index in [-0.39, 0.29) is 0 Å². The number of nitrogens with zero attached hydrogens (tertiary/aromatic N) is 1. The maximum absolute atomic E-state index is 4.96. The summed E-state index contributed by atoms with van der Waals surface area (Å²) in [5.41, 5.74) is 2.14. The minimum absolute atomic E-state index is 0.728. The van der Waals surface area contributed by atoms with Gasteiger partial charge in [-0.05, 0) is 6.07 Å². The summed E-state index contributed by atoms with van der Waals surface area (Å²) in [5, 5.41) is 11.7. The van der Waals surface area contributed by atoms with Crippen LogP contribution in [0, 0.1) is 0 Å². The third kappa shape index (κ3) is 2.34. The number of hydrogen-bond acceptors (Lipinski definition) is 3. The predicted octanol–water partition coefficient (Wildman–Crippen LogP) is 1.30. The Morgan fingerprint density at radius 1 is 1.40 bits per heavy atom. The Morgan fingerprint density at radius 2 is 2.27 bits per heavy atom. The van der Waals surface area contributed by atoms with Gasteiger partial charge in [-0.25, -0.2) is 0 Å². The maximum atomic E-state index is 4.96. The van der Waals surface area contributed by atoms with Crippen LogP contribution in [0.4, 0.5) is 0 Å². The topological polar surface area (TPSA) is 49.9 Å². The number of rotatable bonds is 5. The molecule has 0 saturated heterocycles. The fourth-order valence-corrected chi connectivity index (χ4v) is 1.54. The summed E-state index contributed by atoms with van der Waals surface area (Å²) in [7, 11) is 1.70. The van der Waals surface area contributed by atoms with Gasteiger partial charge in [0.05, 0.1) is 17.8 Å². The highest BCUT2D eigenvalue weighted by molar-refractivity contribution is 5.80. The van der Waals surface area contributed by atoms with Gasteiger partial charge in [-0.3, -0.25) is 5.10 Å². The van der Waals surface area contributed by atoms with Gasteiger partial charge in [0.15, 0.2) is 0 Å². The molecule has 1 aromatic heterocycles. The summed E-state index contributed by atoms with van der Waals surface area (Å²) < 4.78 is 4.96. The van der Waals surface area contributed by atoms with E-state index in [9.17, 15) is 0 Å². The first-order valence-corrected chi connectivity index (χ1v) is 5.03. The lowest BCUT2D eigenvalue weighted by molar-refractivity contribution is 0.199. The molecule has 0 aliphatic heterocycles. The number of ether oxygens (including phenoxy) is 1. The fraction of sp³-hybridized carbons (Fsp3) is 0.364. The zero-order chi connectivity index (χ0) is 10.5. The van der Waals surface area contributed by atoms with Crippen molar-refractivity contribution in [2.24, 2.45) is 0 Å². The van der Waals surface area contributed by atoms with Gasteiger partial charge in [-0.2, -0.15) is 5.10 Å². The summed E-state index contributed by atoms with van der Waals surface area (Å²) in [6.45, 7) is 2.37. The second-order valence-electron chi connectivity index (χ2n) is 3.39. The van der Waals surface area contributed by atoms with E-state index in [1.165, 1.54) is 5.39 Å². The van der Waals surface area contributed by atoms with Crippen LogP contribution in [-0.4, -0.2) is 30.5 Å². The van der Waals surface area contributed by atoms with Crippen molar-refractivity contribution in [3.05, 3.63) is 30.0 Å². The zero-order valence-corrected chi connectivity index (χ0v) is 8.79. The molecule has 15 heavy (non-hydrogen) atoms. The molecule has 0 atom stereocenters. The smallest absolute Gasteiger partial charge is 0.0924 e. The van der Waals surface area contributed by atoms with Gasteiger partial charge in [0, 0.05) is 25.6 Å². The van der Waals surface area contributed by atoms with E-state index in [1.807, 2.05) is 18.2 Å². The average Bonchev–Trinajstić information content (AvgIpc) is 2.68. The summed E-state index contributed by atoms with van der Waals surface area (Å²) in [5.74, 6) is 0.